The van der Waals surface area contributed by atoms with Crippen LogP contribution in [0.5, 0.6) is 0 Å². The average molecular weight is 310 g/mol. The average Bonchev–Trinajstić information content (AvgIpc) is 2.78. The van der Waals surface area contributed by atoms with Gasteiger partial charge in [-0.05, 0) is 35.9 Å². The molecule has 2 N–H and O–H groups in total. The predicted octanol–water partition coefficient (Wildman–Crippen LogP) is 1.63. The van der Waals surface area contributed by atoms with Crippen molar-refractivity contribution in [3.8, 4) is 0 Å². The molecule has 0 bridgehead atoms. The van der Waals surface area contributed by atoms with E-state index in [0.717, 1.165) is 10.5 Å². The van der Waals surface area contributed by atoms with Crippen molar-refractivity contribution in [2.75, 3.05) is 12.4 Å². The summed E-state index contributed by atoms with van der Waals surface area (Å²) in [4.78, 5) is 40.6. The Labute approximate surface area is 132 Å². The Balaban J connectivity index is 1.66. The van der Waals surface area contributed by atoms with E-state index in [9.17, 15) is 14.4 Å². The van der Waals surface area contributed by atoms with Gasteiger partial charge < -0.3 is 10.6 Å². The molecule has 116 valence electrons. The van der Waals surface area contributed by atoms with Crippen LogP contribution in [0, 0.1) is 0 Å². The predicted molar refractivity (Wildman–Crippen MR) is 83.0 cm³/mol. The van der Waals surface area contributed by atoms with Crippen LogP contribution < -0.4 is 10.6 Å². The third-order valence-corrected chi connectivity index (χ3v) is 3.55. The molecule has 0 saturated heterocycles. The number of carbonyl (C=O) groups is 3. The number of carbonyl (C=O) groups excluding carboxylic acids is 3. The molecule has 0 aliphatic carbocycles. The maximum Gasteiger partial charge on any atom is 0.319 e. The first-order chi connectivity index (χ1) is 11.1. The van der Waals surface area contributed by atoms with E-state index in [1.807, 2.05) is 0 Å². The van der Waals surface area contributed by atoms with Gasteiger partial charge in [-0.2, -0.15) is 0 Å². The highest BCUT2D eigenvalue weighted by Gasteiger charge is 2.32. The normalized spacial score (nSPS) is 13.0. The molecule has 0 spiro atoms. The molecule has 0 atom stereocenters. The van der Waals surface area contributed by atoms with Gasteiger partial charge in [0.25, 0.3) is 11.8 Å². The van der Waals surface area contributed by atoms with Gasteiger partial charge in [0.1, 0.15) is 0 Å². The maximum atomic E-state index is 11.9. The highest BCUT2D eigenvalue weighted by molar-refractivity contribution is 6.21. The summed E-state index contributed by atoms with van der Waals surface area (Å²) in [5.74, 6) is -0.704. The first-order valence-electron chi connectivity index (χ1n) is 6.96. The molecule has 7 nitrogen and oxygen atoms in total. The molecule has 0 saturated carbocycles. The summed E-state index contributed by atoms with van der Waals surface area (Å²) in [7, 11) is 1.43. The van der Waals surface area contributed by atoms with Gasteiger partial charge in [0.05, 0.1) is 11.1 Å². The number of rotatable bonds is 3. The van der Waals surface area contributed by atoms with E-state index in [2.05, 4.69) is 15.6 Å². The summed E-state index contributed by atoms with van der Waals surface area (Å²) < 4.78 is 0. The third-order valence-electron chi connectivity index (χ3n) is 3.55. The zero-order chi connectivity index (χ0) is 16.4. The second-order valence-corrected chi connectivity index (χ2v) is 5.09. The van der Waals surface area contributed by atoms with Crippen molar-refractivity contribution in [2.45, 2.75) is 6.54 Å². The second-order valence-electron chi connectivity index (χ2n) is 5.09. The van der Waals surface area contributed by atoms with Crippen LogP contribution in [0.2, 0.25) is 0 Å². The monoisotopic (exact) mass is 310 g/mol. The van der Waals surface area contributed by atoms with Crippen LogP contribution in [0.1, 0.15) is 26.3 Å². The lowest BCUT2D eigenvalue weighted by Crippen LogP contribution is -2.28. The molecule has 1 aliphatic rings. The largest absolute Gasteiger partial charge is 0.334 e. The number of nitrogens with zero attached hydrogens (tertiary/aromatic N) is 2. The summed E-state index contributed by atoms with van der Waals surface area (Å²) in [6.45, 7) is 0.361. The molecular weight excluding hydrogens is 296 g/mol. The Morgan fingerprint density at radius 2 is 1.78 bits per heavy atom. The van der Waals surface area contributed by atoms with E-state index < -0.39 is 6.03 Å². The number of benzene rings is 1. The molecule has 1 aromatic carbocycles. The van der Waals surface area contributed by atoms with Gasteiger partial charge in [-0.25, -0.2) is 4.79 Å². The Kier molecular flexibility index (Phi) is 3.76. The van der Waals surface area contributed by atoms with Crippen LogP contribution in [-0.2, 0) is 6.54 Å². The summed E-state index contributed by atoms with van der Waals surface area (Å²) in [5, 5.41) is 5.35. The number of urea groups is 1. The van der Waals surface area contributed by atoms with Crippen LogP contribution in [0.25, 0.3) is 0 Å². The van der Waals surface area contributed by atoms with E-state index in [0.29, 0.717) is 23.4 Å². The standard InChI is InChI=1S/C16H14N4O3/c1-20-14(21)12-3-2-11(8-13(12)15(20)22)19-16(23)18-9-10-4-6-17-7-5-10/h2-8H,9H2,1H3,(H2,18,19,23). The van der Waals surface area contributed by atoms with E-state index in [4.69, 9.17) is 0 Å². The number of pyridine rings is 1. The van der Waals surface area contributed by atoms with E-state index in [-0.39, 0.29) is 11.8 Å². The van der Waals surface area contributed by atoms with Crippen molar-refractivity contribution in [3.63, 3.8) is 0 Å². The molecule has 1 aliphatic heterocycles. The minimum atomic E-state index is -0.396. The smallest absolute Gasteiger partial charge is 0.319 e. The molecule has 0 fully saturated rings. The van der Waals surface area contributed by atoms with Gasteiger partial charge in [-0.1, -0.05) is 0 Å². The summed E-state index contributed by atoms with van der Waals surface area (Å²) in [5.41, 5.74) is 2.02. The number of hydrogen-bond donors (Lipinski definition) is 2. The van der Waals surface area contributed by atoms with Gasteiger partial charge in [0.2, 0.25) is 0 Å². The Morgan fingerprint density at radius 3 is 2.52 bits per heavy atom. The van der Waals surface area contributed by atoms with Crippen molar-refractivity contribution < 1.29 is 14.4 Å². The second kappa shape index (κ2) is 5.88. The minimum Gasteiger partial charge on any atom is -0.334 e. The molecule has 2 aromatic rings. The van der Waals surface area contributed by atoms with Crippen LogP contribution >= 0.6 is 0 Å². The number of amides is 4. The summed E-state index contributed by atoms with van der Waals surface area (Å²) in [6, 6.07) is 7.84. The molecule has 1 aromatic heterocycles. The number of hydrogen-bond acceptors (Lipinski definition) is 4. The molecule has 0 unspecified atom stereocenters. The van der Waals surface area contributed by atoms with E-state index in [1.54, 1.807) is 30.6 Å². The van der Waals surface area contributed by atoms with E-state index in [1.165, 1.54) is 19.2 Å². The highest BCUT2D eigenvalue weighted by atomic mass is 16.2. The maximum absolute atomic E-state index is 11.9. The van der Waals surface area contributed by atoms with Crippen LogP contribution in [0.3, 0.4) is 0 Å². The molecule has 2 heterocycles. The van der Waals surface area contributed by atoms with Crippen molar-refractivity contribution in [1.29, 1.82) is 0 Å². The lowest BCUT2D eigenvalue weighted by atomic mass is 10.1. The van der Waals surface area contributed by atoms with Crippen LogP contribution in [0.4, 0.5) is 10.5 Å². The molecule has 0 radical (unpaired) electrons. The van der Waals surface area contributed by atoms with E-state index >= 15 is 0 Å². The quantitative estimate of drug-likeness (QED) is 0.843. The fraction of sp³-hybridized carbons (Fsp3) is 0.125. The van der Waals surface area contributed by atoms with Crippen molar-refractivity contribution in [3.05, 3.63) is 59.4 Å². The fourth-order valence-corrected chi connectivity index (χ4v) is 2.30. The summed E-state index contributed by atoms with van der Waals surface area (Å²) >= 11 is 0. The number of anilines is 1. The van der Waals surface area contributed by atoms with Gasteiger partial charge in [-0.3, -0.25) is 19.5 Å². The number of imide groups is 1. The Bertz CT molecular complexity index is 789. The van der Waals surface area contributed by atoms with Crippen molar-refractivity contribution >= 4 is 23.5 Å². The van der Waals surface area contributed by atoms with Crippen molar-refractivity contribution in [2.24, 2.45) is 0 Å². The van der Waals surface area contributed by atoms with Gasteiger partial charge >= 0.3 is 6.03 Å². The fourth-order valence-electron chi connectivity index (χ4n) is 2.30. The highest BCUT2D eigenvalue weighted by Crippen LogP contribution is 2.24. The molecule has 23 heavy (non-hydrogen) atoms. The van der Waals surface area contributed by atoms with Gasteiger partial charge in [0.15, 0.2) is 0 Å². The first kappa shape index (κ1) is 14.7. The van der Waals surface area contributed by atoms with Gasteiger partial charge in [0, 0.05) is 31.7 Å². The first-order valence-corrected chi connectivity index (χ1v) is 6.96. The number of aromatic nitrogens is 1. The van der Waals surface area contributed by atoms with Crippen LogP contribution in [0.15, 0.2) is 42.7 Å². The SMILES string of the molecule is CN1C(=O)c2ccc(NC(=O)NCc3ccncc3)cc2C1=O. The lowest BCUT2D eigenvalue weighted by Gasteiger charge is -2.08. The Hall–Kier alpha value is -3.22. The molecule has 4 amide bonds. The number of nitrogens with one attached hydrogen (secondary N) is 2. The minimum absolute atomic E-state index is 0.296. The molecule has 7 heteroatoms. The third kappa shape index (κ3) is 2.89. The zero-order valence-electron chi connectivity index (χ0n) is 12.4. The zero-order valence-corrected chi connectivity index (χ0v) is 12.4. The summed E-state index contributed by atoms with van der Waals surface area (Å²) in [6.07, 6.45) is 3.29. The Morgan fingerprint density at radius 1 is 1.09 bits per heavy atom. The van der Waals surface area contributed by atoms with Crippen molar-refractivity contribution in [1.82, 2.24) is 15.2 Å². The molecular formula is C16H14N4O3. The topological polar surface area (TPSA) is 91.4 Å². The molecule has 3 rings (SSSR count). The van der Waals surface area contributed by atoms with Crippen LogP contribution in [-0.4, -0.2) is 34.8 Å². The lowest BCUT2D eigenvalue weighted by molar-refractivity contribution is 0.0693. The van der Waals surface area contributed by atoms with Gasteiger partial charge in [-0.15, -0.1) is 0 Å². The number of fused-ring (bicyclic) bond motifs is 1.